The lowest BCUT2D eigenvalue weighted by Gasteiger charge is -2.38. The molecular weight excluding hydrogens is 264 g/mol. The zero-order valence-electron chi connectivity index (χ0n) is 11.8. The van der Waals surface area contributed by atoms with Crippen LogP contribution in [-0.2, 0) is 14.6 Å². The molecule has 0 spiro atoms. The van der Waals surface area contributed by atoms with Crippen molar-refractivity contribution in [3.05, 3.63) is 0 Å². The molecule has 0 saturated carbocycles. The van der Waals surface area contributed by atoms with Gasteiger partial charge in [-0.2, -0.15) is 0 Å². The summed E-state index contributed by atoms with van der Waals surface area (Å²) in [6.45, 7) is 5.51. The Morgan fingerprint density at radius 1 is 1.32 bits per heavy atom. The molecule has 2 fully saturated rings. The van der Waals surface area contributed by atoms with E-state index in [4.69, 9.17) is 0 Å². The van der Waals surface area contributed by atoms with Crippen molar-refractivity contribution in [3.63, 3.8) is 0 Å². The molecule has 2 rings (SSSR count). The number of hydrogen-bond donors (Lipinski definition) is 1. The summed E-state index contributed by atoms with van der Waals surface area (Å²) in [6.07, 6.45) is 2.51. The van der Waals surface area contributed by atoms with Gasteiger partial charge >= 0.3 is 0 Å². The van der Waals surface area contributed by atoms with Crippen LogP contribution in [0, 0.1) is 5.92 Å². The van der Waals surface area contributed by atoms with Gasteiger partial charge in [-0.1, -0.05) is 6.92 Å². The summed E-state index contributed by atoms with van der Waals surface area (Å²) in [4.78, 5) is 14.3. The third kappa shape index (κ3) is 3.92. The highest BCUT2D eigenvalue weighted by Gasteiger charge is 2.31. The van der Waals surface area contributed by atoms with E-state index in [0.29, 0.717) is 18.9 Å². The smallest absolute Gasteiger partial charge is 0.224 e. The Balaban J connectivity index is 1.93. The van der Waals surface area contributed by atoms with Crippen LogP contribution < -0.4 is 5.32 Å². The first-order chi connectivity index (χ1) is 8.87. The topological polar surface area (TPSA) is 66.5 Å². The third-order valence-electron chi connectivity index (χ3n) is 4.16. The maximum Gasteiger partial charge on any atom is 0.224 e. The number of piperidine rings is 1. The molecule has 110 valence electrons. The Bertz CT molecular complexity index is 435. The van der Waals surface area contributed by atoms with E-state index >= 15 is 0 Å². The van der Waals surface area contributed by atoms with E-state index in [1.165, 1.54) is 6.42 Å². The third-order valence-corrected chi connectivity index (χ3v) is 5.90. The van der Waals surface area contributed by atoms with Crippen molar-refractivity contribution in [2.24, 2.45) is 5.92 Å². The summed E-state index contributed by atoms with van der Waals surface area (Å²) in [5, 5.41) is 3.14. The van der Waals surface area contributed by atoms with Gasteiger partial charge in [-0.15, -0.1) is 0 Å². The van der Waals surface area contributed by atoms with Gasteiger partial charge in [0.1, 0.15) is 0 Å². The predicted octanol–water partition coefficient (Wildman–Crippen LogP) is 0.410. The molecule has 0 bridgehead atoms. The SMILES string of the molecule is CC1CCC(C)N(C(=O)CC2CS(=O)(=O)CCN2)C1. The van der Waals surface area contributed by atoms with Crippen molar-refractivity contribution >= 4 is 15.7 Å². The normalized spacial score (nSPS) is 35.1. The number of carbonyl (C=O) groups is 1. The van der Waals surface area contributed by atoms with Crippen LogP contribution in [0.25, 0.3) is 0 Å². The summed E-state index contributed by atoms with van der Waals surface area (Å²) in [5.74, 6) is 0.919. The van der Waals surface area contributed by atoms with Gasteiger partial charge in [0.25, 0.3) is 0 Å². The molecule has 0 aromatic rings. The van der Waals surface area contributed by atoms with Crippen molar-refractivity contribution in [1.29, 1.82) is 0 Å². The van der Waals surface area contributed by atoms with Gasteiger partial charge in [0.05, 0.1) is 11.5 Å². The Morgan fingerprint density at radius 2 is 2.05 bits per heavy atom. The number of carbonyl (C=O) groups excluding carboxylic acids is 1. The minimum Gasteiger partial charge on any atom is -0.340 e. The van der Waals surface area contributed by atoms with E-state index in [-0.39, 0.29) is 29.5 Å². The fraction of sp³-hybridized carbons (Fsp3) is 0.923. The van der Waals surface area contributed by atoms with Crippen LogP contribution in [0.2, 0.25) is 0 Å². The van der Waals surface area contributed by atoms with Gasteiger partial charge in [0, 0.05) is 31.6 Å². The van der Waals surface area contributed by atoms with Gasteiger partial charge in [0.15, 0.2) is 9.84 Å². The summed E-state index contributed by atoms with van der Waals surface area (Å²) in [5.41, 5.74) is 0. The highest BCUT2D eigenvalue weighted by molar-refractivity contribution is 7.91. The largest absolute Gasteiger partial charge is 0.340 e. The molecule has 6 heteroatoms. The Kier molecular flexibility index (Phi) is 4.50. The summed E-state index contributed by atoms with van der Waals surface area (Å²) < 4.78 is 23.1. The summed E-state index contributed by atoms with van der Waals surface area (Å²) >= 11 is 0. The van der Waals surface area contributed by atoms with Crippen LogP contribution in [0.5, 0.6) is 0 Å². The van der Waals surface area contributed by atoms with Crippen molar-refractivity contribution in [1.82, 2.24) is 10.2 Å². The van der Waals surface area contributed by atoms with E-state index in [1.54, 1.807) is 0 Å². The molecule has 1 N–H and O–H groups in total. The van der Waals surface area contributed by atoms with E-state index in [9.17, 15) is 13.2 Å². The maximum absolute atomic E-state index is 12.3. The number of likely N-dealkylation sites (tertiary alicyclic amines) is 1. The second-order valence-electron chi connectivity index (χ2n) is 6.05. The number of nitrogens with one attached hydrogen (secondary N) is 1. The van der Waals surface area contributed by atoms with Crippen LogP contribution in [0.1, 0.15) is 33.1 Å². The second kappa shape index (κ2) is 5.79. The molecule has 2 aliphatic heterocycles. The van der Waals surface area contributed by atoms with Crippen LogP contribution in [0.3, 0.4) is 0 Å². The number of rotatable bonds is 2. The number of hydrogen-bond acceptors (Lipinski definition) is 4. The molecule has 0 radical (unpaired) electrons. The number of amides is 1. The summed E-state index contributed by atoms with van der Waals surface area (Å²) in [7, 11) is -2.97. The highest BCUT2D eigenvalue weighted by Crippen LogP contribution is 2.22. The van der Waals surface area contributed by atoms with Crippen molar-refractivity contribution in [2.75, 3.05) is 24.6 Å². The molecule has 0 aromatic carbocycles. The van der Waals surface area contributed by atoms with Gasteiger partial charge in [-0.05, 0) is 25.7 Å². The van der Waals surface area contributed by atoms with Gasteiger partial charge in [0.2, 0.25) is 5.91 Å². The number of sulfone groups is 1. The van der Waals surface area contributed by atoms with Crippen molar-refractivity contribution in [2.45, 2.75) is 45.2 Å². The lowest BCUT2D eigenvalue weighted by Crippen LogP contribution is -2.50. The maximum atomic E-state index is 12.3. The first-order valence-electron chi connectivity index (χ1n) is 7.10. The van der Waals surface area contributed by atoms with Crippen molar-refractivity contribution in [3.8, 4) is 0 Å². The van der Waals surface area contributed by atoms with E-state index in [1.807, 2.05) is 4.90 Å². The van der Waals surface area contributed by atoms with E-state index in [0.717, 1.165) is 13.0 Å². The molecule has 1 amide bonds. The highest BCUT2D eigenvalue weighted by atomic mass is 32.2. The minimum atomic E-state index is -2.97. The molecule has 3 atom stereocenters. The average Bonchev–Trinajstić information content (AvgIpc) is 2.31. The van der Waals surface area contributed by atoms with Crippen LogP contribution in [0.15, 0.2) is 0 Å². The fourth-order valence-corrected chi connectivity index (χ4v) is 4.41. The average molecular weight is 288 g/mol. The molecule has 2 saturated heterocycles. The molecule has 0 aliphatic carbocycles. The summed E-state index contributed by atoms with van der Waals surface area (Å²) in [6, 6.07) is 0.0691. The zero-order chi connectivity index (χ0) is 14.0. The minimum absolute atomic E-state index is 0.0913. The Hall–Kier alpha value is -0.620. The molecule has 3 unspecified atom stereocenters. The monoisotopic (exact) mass is 288 g/mol. The van der Waals surface area contributed by atoms with Gasteiger partial charge in [-0.25, -0.2) is 8.42 Å². The molecule has 19 heavy (non-hydrogen) atoms. The van der Waals surface area contributed by atoms with Crippen LogP contribution in [-0.4, -0.2) is 55.9 Å². The number of nitrogens with zero attached hydrogens (tertiary/aromatic N) is 1. The van der Waals surface area contributed by atoms with E-state index < -0.39 is 9.84 Å². The molecule has 0 aromatic heterocycles. The first kappa shape index (κ1) is 14.8. The van der Waals surface area contributed by atoms with Crippen LogP contribution in [0.4, 0.5) is 0 Å². The fourth-order valence-electron chi connectivity index (χ4n) is 2.96. The first-order valence-corrected chi connectivity index (χ1v) is 8.93. The zero-order valence-corrected chi connectivity index (χ0v) is 12.6. The predicted molar refractivity (Wildman–Crippen MR) is 74.6 cm³/mol. The van der Waals surface area contributed by atoms with Crippen molar-refractivity contribution < 1.29 is 13.2 Å². The van der Waals surface area contributed by atoms with Gasteiger partial charge in [-0.3, -0.25) is 4.79 Å². The van der Waals surface area contributed by atoms with Crippen LogP contribution >= 0.6 is 0 Å². The standard InChI is InChI=1S/C13H24N2O3S/c1-10-3-4-11(2)15(8-10)13(16)7-12-9-19(17,18)6-5-14-12/h10-12,14H,3-9H2,1-2H3. The molecule has 2 aliphatic rings. The lowest BCUT2D eigenvalue weighted by atomic mass is 9.94. The van der Waals surface area contributed by atoms with E-state index in [2.05, 4.69) is 19.2 Å². The lowest BCUT2D eigenvalue weighted by molar-refractivity contribution is -0.135. The van der Waals surface area contributed by atoms with Gasteiger partial charge < -0.3 is 10.2 Å². The Morgan fingerprint density at radius 3 is 2.74 bits per heavy atom. The molecular formula is C13H24N2O3S. The quantitative estimate of drug-likeness (QED) is 0.799. The Labute approximate surface area is 115 Å². The molecule has 5 nitrogen and oxygen atoms in total. The molecule has 2 heterocycles. The second-order valence-corrected chi connectivity index (χ2v) is 8.28.